The molecule has 1 unspecified atom stereocenters. The maximum Gasteiger partial charge on any atom is 0.129 e. The topological polar surface area (TPSA) is 79.2 Å². The van der Waals surface area contributed by atoms with Crippen LogP contribution in [0.2, 0.25) is 0 Å². The average molecular weight is 278 g/mol. The van der Waals surface area contributed by atoms with Crippen LogP contribution >= 0.6 is 12.6 Å². The molecule has 1 heterocycles. The van der Waals surface area contributed by atoms with E-state index in [1.54, 1.807) is 0 Å². The Labute approximate surface area is 113 Å². The second-order valence-electron chi connectivity index (χ2n) is 5.13. The van der Waals surface area contributed by atoms with E-state index in [1.807, 2.05) is 0 Å². The van der Waals surface area contributed by atoms with Gasteiger partial charge in [0.2, 0.25) is 0 Å². The summed E-state index contributed by atoms with van der Waals surface area (Å²) < 4.78 is 11.1. The van der Waals surface area contributed by atoms with E-state index < -0.39 is 29.9 Å². The predicted octanol–water partition coefficient (Wildman–Crippen LogP) is 0.0731. The Kier molecular flexibility index (Phi) is 5.29. The number of hydrogen-bond donors (Lipinski definition) is 4. The summed E-state index contributed by atoms with van der Waals surface area (Å²) in [5, 5.41) is 28.9. The molecule has 106 valence electrons. The van der Waals surface area contributed by atoms with Gasteiger partial charge in [0.1, 0.15) is 29.9 Å². The van der Waals surface area contributed by atoms with Crippen molar-refractivity contribution >= 4 is 12.6 Å². The molecule has 18 heavy (non-hydrogen) atoms. The van der Waals surface area contributed by atoms with Crippen molar-refractivity contribution in [2.75, 3.05) is 6.61 Å². The quantitative estimate of drug-likeness (QED) is 0.550. The van der Waals surface area contributed by atoms with Crippen LogP contribution in [0.3, 0.4) is 0 Å². The molecule has 0 radical (unpaired) electrons. The molecule has 3 N–H and O–H groups in total. The Bertz CT molecular complexity index is 259. The molecule has 1 saturated heterocycles. The van der Waals surface area contributed by atoms with Crippen LogP contribution in [-0.2, 0) is 9.47 Å². The van der Waals surface area contributed by atoms with Gasteiger partial charge in [-0.25, -0.2) is 0 Å². The van der Waals surface area contributed by atoms with Crippen LogP contribution in [0.4, 0.5) is 0 Å². The summed E-state index contributed by atoms with van der Waals surface area (Å²) in [6.45, 7) is 0.229. The van der Waals surface area contributed by atoms with Crippen LogP contribution < -0.4 is 0 Å². The molecule has 2 aliphatic rings. The second kappa shape index (κ2) is 6.54. The number of hydrogen-bond acceptors (Lipinski definition) is 6. The lowest BCUT2D eigenvalue weighted by Crippen LogP contribution is -2.57. The molecule has 2 rings (SSSR count). The third-order valence-corrected chi connectivity index (χ3v) is 4.16. The molecule has 5 nitrogen and oxygen atoms in total. The fraction of sp³-hybridized carbons (Fsp3) is 1.00. The van der Waals surface area contributed by atoms with Crippen molar-refractivity contribution in [3.05, 3.63) is 0 Å². The molecular weight excluding hydrogens is 256 g/mol. The van der Waals surface area contributed by atoms with Gasteiger partial charge in [-0.2, -0.15) is 0 Å². The van der Waals surface area contributed by atoms with Crippen LogP contribution in [0.25, 0.3) is 0 Å². The van der Waals surface area contributed by atoms with E-state index in [1.165, 1.54) is 19.3 Å². The van der Waals surface area contributed by atoms with E-state index in [9.17, 15) is 15.3 Å². The van der Waals surface area contributed by atoms with Crippen molar-refractivity contribution in [2.24, 2.45) is 0 Å². The van der Waals surface area contributed by atoms with Gasteiger partial charge in [0.15, 0.2) is 0 Å². The zero-order valence-corrected chi connectivity index (χ0v) is 11.2. The molecule has 2 fully saturated rings. The first-order valence-corrected chi connectivity index (χ1v) is 7.10. The largest absolute Gasteiger partial charge is 0.387 e. The van der Waals surface area contributed by atoms with E-state index in [0.29, 0.717) is 0 Å². The highest BCUT2D eigenvalue weighted by molar-refractivity contribution is 7.80. The summed E-state index contributed by atoms with van der Waals surface area (Å²) in [5.41, 5.74) is -0.789. The van der Waals surface area contributed by atoms with Gasteiger partial charge in [-0.15, -0.1) is 12.6 Å². The molecule has 5 atom stereocenters. The molecule has 1 aliphatic carbocycles. The van der Waals surface area contributed by atoms with E-state index in [-0.39, 0.29) is 12.7 Å². The summed E-state index contributed by atoms with van der Waals surface area (Å²) in [6, 6.07) is 0. The summed E-state index contributed by atoms with van der Waals surface area (Å²) in [4.78, 5) is 0. The highest BCUT2D eigenvalue weighted by atomic mass is 32.1. The van der Waals surface area contributed by atoms with Crippen LogP contribution in [-0.4, -0.2) is 57.9 Å². The van der Waals surface area contributed by atoms with Crippen molar-refractivity contribution in [2.45, 2.75) is 68.1 Å². The number of ether oxygens (including phenoxy) is 2. The molecule has 0 aromatic rings. The number of rotatable bonds is 3. The first-order valence-electron chi connectivity index (χ1n) is 6.59. The molecule has 0 aromatic heterocycles. The maximum atomic E-state index is 9.81. The first kappa shape index (κ1) is 14.6. The van der Waals surface area contributed by atoms with Gasteiger partial charge in [-0.1, -0.05) is 19.3 Å². The van der Waals surface area contributed by atoms with E-state index in [0.717, 1.165) is 12.8 Å². The summed E-state index contributed by atoms with van der Waals surface area (Å²) in [7, 11) is 0. The molecule has 0 aromatic carbocycles. The van der Waals surface area contributed by atoms with Crippen LogP contribution in [0.5, 0.6) is 0 Å². The average Bonchev–Trinajstić information content (AvgIpc) is 2.40. The van der Waals surface area contributed by atoms with E-state index in [4.69, 9.17) is 9.47 Å². The summed E-state index contributed by atoms with van der Waals surface area (Å²) in [5.74, 6) is 0. The fourth-order valence-electron chi connectivity index (χ4n) is 2.53. The number of thiol groups is 1. The smallest absolute Gasteiger partial charge is 0.129 e. The Morgan fingerprint density at radius 1 is 1.00 bits per heavy atom. The summed E-state index contributed by atoms with van der Waals surface area (Å²) in [6.07, 6.45) is 1.74. The molecular formula is C12H22O5S. The van der Waals surface area contributed by atoms with Crippen molar-refractivity contribution < 1.29 is 24.8 Å². The maximum absolute atomic E-state index is 9.81. The molecule has 6 heteroatoms. The third kappa shape index (κ3) is 3.37. The Balaban J connectivity index is 1.80. The highest BCUT2D eigenvalue weighted by Gasteiger charge is 2.42. The van der Waals surface area contributed by atoms with Gasteiger partial charge in [-0.05, 0) is 12.8 Å². The Hall–Kier alpha value is 0.150. The normalized spacial score (nSPS) is 43.0. The van der Waals surface area contributed by atoms with E-state index in [2.05, 4.69) is 12.6 Å². The number of aliphatic hydroxyl groups excluding tert-OH is 3. The minimum atomic E-state index is -1.23. The number of aliphatic hydroxyl groups is 3. The van der Waals surface area contributed by atoms with Gasteiger partial charge in [0, 0.05) is 0 Å². The Morgan fingerprint density at radius 2 is 1.67 bits per heavy atom. The van der Waals surface area contributed by atoms with Gasteiger partial charge in [-0.3, -0.25) is 0 Å². The standard InChI is InChI=1S/C12H22O5S/c13-9-8(17-12(18)11(15)10(9)14)6-16-7-4-2-1-3-5-7/h7-15,18H,1-6H2/t8-,9+,10+,11-,12?/m1/s1. The zero-order valence-electron chi connectivity index (χ0n) is 10.3. The first-order chi connectivity index (χ1) is 8.59. The van der Waals surface area contributed by atoms with Crippen molar-refractivity contribution in [1.82, 2.24) is 0 Å². The van der Waals surface area contributed by atoms with Crippen LogP contribution in [0.1, 0.15) is 32.1 Å². The Morgan fingerprint density at radius 3 is 2.33 bits per heavy atom. The highest BCUT2D eigenvalue weighted by Crippen LogP contribution is 2.25. The van der Waals surface area contributed by atoms with Gasteiger partial charge < -0.3 is 24.8 Å². The van der Waals surface area contributed by atoms with Gasteiger partial charge >= 0.3 is 0 Å². The van der Waals surface area contributed by atoms with Crippen molar-refractivity contribution in [1.29, 1.82) is 0 Å². The molecule has 0 spiro atoms. The second-order valence-corrected chi connectivity index (χ2v) is 5.64. The minimum absolute atomic E-state index is 0.219. The van der Waals surface area contributed by atoms with Gasteiger partial charge in [0.05, 0.1) is 12.7 Å². The van der Waals surface area contributed by atoms with Crippen LogP contribution in [0.15, 0.2) is 0 Å². The lowest BCUT2D eigenvalue weighted by atomic mass is 9.97. The monoisotopic (exact) mass is 278 g/mol. The predicted molar refractivity (Wildman–Crippen MR) is 68.5 cm³/mol. The molecule has 0 amide bonds. The summed E-state index contributed by atoms with van der Waals surface area (Å²) >= 11 is 4.04. The van der Waals surface area contributed by atoms with Crippen molar-refractivity contribution in [3.8, 4) is 0 Å². The molecule has 1 saturated carbocycles. The minimum Gasteiger partial charge on any atom is -0.387 e. The fourth-order valence-corrected chi connectivity index (χ4v) is 2.86. The molecule has 0 bridgehead atoms. The van der Waals surface area contributed by atoms with Gasteiger partial charge in [0.25, 0.3) is 0 Å². The van der Waals surface area contributed by atoms with Crippen molar-refractivity contribution in [3.63, 3.8) is 0 Å². The SMILES string of the molecule is O[C@@H]1[C@H](O)[C@@H](O)C(S)O[C@@H]1COC1CCCCC1. The van der Waals surface area contributed by atoms with Crippen LogP contribution in [0, 0.1) is 0 Å². The lowest BCUT2D eigenvalue weighted by molar-refractivity contribution is -0.213. The molecule has 1 aliphatic heterocycles. The zero-order chi connectivity index (χ0) is 13.1. The van der Waals surface area contributed by atoms with E-state index >= 15 is 0 Å². The third-order valence-electron chi connectivity index (χ3n) is 3.74. The lowest BCUT2D eigenvalue weighted by Gasteiger charge is -2.39.